The number of hydrogen-bond donors (Lipinski definition) is 1. The van der Waals surface area contributed by atoms with Crippen LogP contribution < -0.4 is 5.32 Å². The van der Waals surface area contributed by atoms with Gasteiger partial charge in [-0.25, -0.2) is 0 Å². The fourth-order valence-electron chi connectivity index (χ4n) is 3.34. The molecule has 1 aliphatic heterocycles. The molecule has 0 aromatic rings. The van der Waals surface area contributed by atoms with E-state index in [1.807, 2.05) is 0 Å². The first-order valence-electron chi connectivity index (χ1n) is 7.04. The molecule has 2 atom stereocenters. The van der Waals surface area contributed by atoms with Crippen molar-refractivity contribution in [2.24, 2.45) is 0 Å². The summed E-state index contributed by atoms with van der Waals surface area (Å²) in [6.07, 6.45) is 8.86. The molecule has 0 amide bonds. The lowest BCUT2D eigenvalue weighted by atomic mass is 9.95. The van der Waals surface area contributed by atoms with E-state index in [4.69, 9.17) is 0 Å². The van der Waals surface area contributed by atoms with E-state index in [0.717, 1.165) is 13.0 Å². The van der Waals surface area contributed by atoms with Gasteiger partial charge in [0.1, 0.15) is 5.54 Å². The van der Waals surface area contributed by atoms with E-state index in [1.54, 1.807) is 0 Å². The van der Waals surface area contributed by atoms with Crippen LogP contribution in [-0.4, -0.2) is 36.1 Å². The molecule has 0 radical (unpaired) electrons. The highest BCUT2D eigenvalue weighted by Crippen LogP contribution is 2.28. The van der Waals surface area contributed by atoms with Crippen molar-refractivity contribution >= 4 is 0 Å². The zero-order valence-corrected chi connectivity index (χ0v) is 11.2. The molecule has 17 heavy (non-hydrogen) atoms. The molecule has 0 aromatic carbocycles. The number of nitrogens with zero attached hydrogens (tertiary/aromatic N) is 2. The summed E-state index contributed by atoms with van der Waals surface area (Å²) < 4.78 is 0. The molecule has 1 saturated carbocycles. The molecular weight excluding hydrogens is 210 g/mol. The van der Waals surface area contributed by atoms with Crippen LogP contribution in [0.1, 0.15) is 51.9 Å². The second-order valence-corrected chi connectivity index (χ2v) is 5.99. The number of hydrogen-bond acceptors (Lipinski definition) is 3. The predicted molar refractivity (Wildman–Crippen MR) is 69.7 cm³/mol. The van der Waals surface area contributed by atoms with Crippen LogP contribution in [0.2, 0.25) is 0 Å². The highest BCUT2D eigenvalue weighted by molar-refractivity contribution is 5.15. The van der Waals surface area contributed by atoms with E-state index in [9.17, 15) is 5.26 Å². The molecule has 1 heterocycles. The molecule has 1 N–H and O–H groups in total. The third-order valence-electron chi connectivity index (χ3n) is 4.47. The van der Waals surface area contributed by atoms with Crippen molar-refractivity contribution in [1.29, 1.82) is 5.26 Å². The Labute approximate surface area is 105 Å². The molecule has 1 saturated heterocycles. The molecule has 0 bridgehead atoms. The lowest BCUT2D eigenvalue weighted by Gasteiger charge is -2.28. The summed E-state index contributed by atoms with van der Waals surface area (Å²) in [6, 6.07) is 3.64. The Morgan fingerprint density at radius 3 is 2.35 bits per heavy atom. The van der Waals surface area contributed by atoms with E-state index in [-0.39, 0.29) is 5.54 Å². The zero-order chi connectivity index (χ0) is 12.3. The van der Waals surface area contributed by atoms with Crippen LogP contribution >= 0.6 is 0 Å². The highest BCUT2D eigenvalue weighted by Gasteiger charge is 2.42. The molecule has 3 heteroatoms. The van der Waals surface area contributed by atoms with Gasteiger partial charge >= 0.3 is 0 Å². The summed E-state index contributed by atoms with van der Waals surface area (Å²) in [4.78, 5) is 2.30. The van der Waals surface area contributed by atoms with Gasteiger partial charge in [0, 0.05) is 18.6 Å². The Hall–Kier alpha value is -0.590. The second kappa shape index (κ2) is 5.37. The van der Waals surface area contributed by atoms with Gasteiger partial charge in [0.2, 0.25) is 0 Å². The first-order valence-corrected chi connectivity index (χ1v) is 7.04. The Bertz CT molecular complexity index is 276. The summed E-state index contributed by atoms with van der Waals surface area (Å²) in [5, 5.41) is 13.2. The summed E-state index contributed by atoms with van der Waals surface area (Å²) in [7, 11) is 2.12. The summed E-state index contributed by atoms with van der Waals surface area (Å²) >= 11 is 0. The summed E-state index contributed by atoms with van der Waals surface area (Å²) in [5.74, 6) is 0. The first-order chi connectivity index (χ1) is 8.15. The molecule has 3 nitrogen and oxygen atoms in total. The largest absolute Gasteiger partial charge is 0.301 e. The van der Waals surface area contributed by atoms with Crippen LogP contribution in [0.4, 0.5) is 0 Å². The highest BCUT2D eigenvalue weighted by atomic mass is 15.2. The molecular formula is C14H25N3. The monoisotopic (exact) mass is 235 g/mol. The molecule has 0 aromatic heterocycles. The maximum atomic E-state index is 9.51. The molecule has 2 unspecified atom stereocenters. The normalized spacial score (nSPS) is 36.6. The van der Waals surface area contributed by atoms with E-state index in [0.29, 0.717) is 12.1 Å². The molecule has 2 rings (SSSR count). The van der Waals surface area contributed by atoms with Gasteiger partial charge in [-0.15, -0.1) is 0 Å². The van der Waals surface area contributed by atoms with Gasteiger partial charge in [-0.2, -0.15) is 5.26 Å². The van der Waals surface area contributed by atoms with Crippen LogP contribution in [-0.2, 0) is 0 Å². The number of likely N-dealkylation sites (N-methyl/N-ethyl adjacent to an activating group) is 1. The van der Waals surface area contributed by atoms with Gasteiger partial charge in [0.05, 0.1) is 6.07 Å². The van der Waals surface area contributed by atoms with Gasteiger partial charge in [-0.3, -0.25) is 5.32 Å². The lowest BCUT2D eigenvalue weighted by Crippen LogP contribution is -2.50. The third-order valence-corrected chi connectivity index (χ3v) is 4.47. The van der Waals surface area contributed by atoms with Crippen molar-refractivity contribution in [3.63, 3.8) is 0 Å². The number of nitrogens with one attached hydrogen (secondary N) is 1. The average Bonchev–Trinajstić information content (AvgIpc) is 2.50. The van der Waals surface area contributed by atoms with Crippen LogP contribution in [0.25, 0.3) is 0 Å². The van der Waals surface area contributed by atoms with Gasteiger partial charge in [0.15, 0.2) is 0 Å². The predicted octanol–water partition coefficient (Wildman–Crippen LogP) is 2.29. The zero-order valence-electron chi connectivity index (χ0n) is 11.2. The van der Waals surface area contributed by atoms with Gasteiger partial charge in [0.25, 0.3) is 0 Å². The third kappa shape index (κ3) is 3.00. The van der Waals surface area contributed by atoms with Crippen molar-refractivity contribution in [2.75, 3.05) is 13.6 Å². The molecule has 2 aliphatic rings. The van der Waals surface area contributed by atoms with Crippen molar-refractivity contribution in [1.82, 2.24) is 10.2 Å². The molecule has 1 aliphatic carbocycles. The average molecular weight is 235 g/mol. The SMILES string of the molecule is CC1CC(C#N)(NC2CCCCCC2)CN1C. The minimum absolute atomic E-state index is 0.289. The Balaban J connectivity index is 1.97. The lowest BCUT2D eigenvalue weighted by molar-refractivity contribution is 0.303. The van der Waals surface area contributed by atoms with Crippen LogP contribution in [0.15, 0.2) is 0 Å². The summed E-state index contributed by atoms with van der Waals surface area (Å²) in [5.41, 5.74) is -0.289. The van der Waals surface area contributed by atoms with Crippen LogP contribution in [0.5, 0.6) is 0 Å². The number of likely N-dealkylation sites (tertiary alicyclic amines) is 1. The van der Waals surface area contributed by atoms with Crippen molar-refractivity contribution in [3.8, 4) is 6.07 Å². The maximum Gasteiger partial charge on any atom is 0.121 e. The Kier molecular flexibility index (Phi) is 4.06. The quantitative estimate of drug-likeness (QED) is 0.746. The smallest absolute Gasteiger partial charge is 0.121 e. The molecule has 96 valence electrons. The van der Waals surface area contributed by atoms with Gasteiger partial charge < -0.3 is 4.90 Å². The van der Waals surface area contributed by atoms with Crippen LogP contribution in [0.3, 0.4) is 0 Å². The Morgan fingerprint density at radius 1 is 1.24 bits per heavy atom. The summed E-state index contributed by atoms with van der Waals surface area (Å²) in [6.45, 7) is 3.09. The topological polar surface area (TPSA) is 39.1 Å². The Morgan fingerprint density at radius 2 is 1.88 bits per heavy atom. The van der Waals surface area contributed by atoms with Crippen molar-refractivity contribution < 1.29 is 0 Å². The maximum absolute atomic E-state index is 9.51. The fourth-order valence-corrected chi connectivity index (χ4v) is 3.34. The molecule has 2 fully saturated rings. The standard InChI is InChI=1S/C14H25N3/c1-12-9-14(10-15,11-17(12)2)16-13-7-5-3-4-6-8-13/h12-13,16H,3-9,11H2,1-2H3. The second-order valence-electron chi connectivity index (χ2n) is 5.99. The van der Waals surface area contributed by atoms with E-state index >= 15 is 0 Å². The van der Waals surface area contributed by atoms with Crippen molar-refractivity contribution in [3.05, 3.63) is 0 Å². The van der Waals surface area contributed by atoms with E-state index in [2.05, 4.69) is 30.3 Å². The number of nitriles is 1. The van der Waals surface area contributed by atoms with Crippen molar-refractivity contribution in [2.45, 2.75) is 69.5 Å². The minimum atomic E-state index is -0.289. The van der Waals surface area contributed by atoms with E-state index < -0.39 is 0 Å². The van der Waals surface area contributed by atoms with E-state index in [1.165, 1.54) is 38.5 Å². The first kappa shape index (κ1) is 12.9. The fraction of sp³-hybridized carbons (Fsp3) is 0.929. The van der Waals surface area contributed by atoms with Gasteiger partial charge in [-0.1, -0.05) is 25.7 Å². The van der Waals surface area contributed by atoms with Crippen LogP contribution in [0, 0.1) is 11.3 Å². The number of rotatable bonds is 2. The minimum Gasteiger partial charge on any atom is -0.301 e. The molecule has 0 spiro atoms. The van der Waals surface area contributed by atoms with Gasteiger partial charge in [-0.05, 0) is 33.2 Å².